The van der Waals surface area contributed by atoms with Crippen LogP contribution in [0.25, 0.3) is 16.7 Å². The van der Waals surface area contributed by atoms with Crippen LogP contribution in [0.5, 0.6) is 0 Å². The lowest BCUT2D eigenvalue weighted by Crippen LogP contribution is -2.25. The minimum Gasteiger partial charge on any atom is -0.351 e. The molecular weight excluding hydrogens is 446 g/mol. The molecule has 0 aliphatic heterocycles. The minimum absolute atomic E-state index is 0.0905. The molecule has 170 valence electrons. The number of amides is 1. The van der Waals surface area contributed by atoms with E-state index >= 15 is 0 Å². The SMILES string of the molecule is O=C(CSc1nnc2n(CCc3ccccc3)c(=O)c3ccccc3n12)NCc1ccccc1. The first-order chi connectivity index (χ1) is 16.7. The molecule has 8 heteroatoms. The molecule has 2 heterocycles. The van der Waals surface area contributed by atoms with Gasteiger partial charge >= 0.3 is 0 Å². The Hall–Kier alpha value is -3.91. The molecule has 7 nitrogen and oxygen atoms in total. The Morgan fingerprint density at radius 2 is 1.53 bits per heavy atom. The molecule has 0 spiro atoms. The van der Waals surface area contributed by atoms with Crippen molar-refractivity contribution < 1.29 is 4.79 Å². The van der Waals surface area contributed by atoms with Gasteiger partial charge in [0.05, 0.1) is 16.7 Å². The van der Waals surface area contributed by atoms with Gasteiger partial charge in [-0.05, 0) is 29.7 Å². The van der Waals surface area contributed by atoms with Crippen molar-refractivity contribution in [3.63, 3.8) is 0 Å². The number of carbonyl (C=O) groups is 1. The molecule has 5 rings (SSSR count). The second kappa shape index (κ2) is 9.93. The quantitative estimate of drug-likeness (QED) is 0.351. The Kier molecular flexibility index (Phi) is 6.40. The molecule has 0 unspecified atom stereocenters. The van der Waals surface area contributed by atoms with Crippen LogP contribution < -0.4 is 10.9 Å². The molecule has 2 aromatic heterocycles. The summed E-state index contributed by atoms with van der Waals surface area (Å²) in [6, 6.07) is 27.3. The maximum atomic E-state index is 13.3. The van der Waals surface area contributed by atoms with Gasteiger partial charge < -0.3 is 5.32 Å². The van der Waals surface area contributed by atoms with Gasteiger partial charge in [-0.3, -0.25) is 18.6 Å². The zero-order chi connectivity index (χ0) is 23.3. The Bertz CT molecular complexity index is 1500. The molecule has 0 fully saturated rings. The highest BCUT2D eigenvalue weighted by atomic mass is 32.2. The second-order valence-electron chi connectivity index (χ2n) is 7.88. The lowest BCUT2D eigenvalue weighted by atomic mass is 10.1. The van der Waals surface area contributed by atoms with E-state index in [0.717, 1.165) is 16.6 Å². The molecule has 5 aromatic rings. The summed E-state index contributed by atoms with van der Waals surface area (Å²) in [5, 5.41) is 12.8. The fourth-order valence-electron chi connectivity index (χ4n) is 3.89. The Balaban J connectivity index is 1.41. The van der Waals surface area contributed by atoms with Gasteiger partial charge in [0.2, 0.25) is 11.7 Å². The summed E-state index contributed by atoms with van der Waals surface area (Å²) < 4.78 is 3.54. The van der Waals surface area contributed by atoms with E-state index in [0.29, 0.717) is 35.8 Å². The summed E-state index contributed by atoms with van der Waals surface area (Å²) >= 11 is 1.31. The minimum atomic E-state index is -0.0939. The number of aromatic nitrogens is 4. The van der Waals surface area contributed by atoms with Crippen molar-refractivity contribution in [3.05, 3.63) is 106 Å². The van der Waals surface area contributed by atoms with Crippen molar-refractivity contribution in [1.29, 1.82) is 0 Å². The van der Waals surface area contributed by atoms with Crippen LogP contribution in [0.1, 0.15) is 11.1 Å². The first-order valence-electron chi connectivity index (χ1n) is 11.0. The van der Waals surface area contributed by atoms with Crippen LogP contribution in [0.3, 0.4) is 0 Å². The third-order valence-corrected chi connectivity index (χ3v) is 6.54. The van der Waals surface area contributed by atoms with Crippen LogP contribution in [0.4, 0.5) is 0 Å². The van der Waals surface area contributed by atoms with Crippen LogP contribution in [-0.4, -0.2) is 30.8 Å². The van der Waals surface area contributed by atoms with E-state index in [1.54, 1.807) is 4.57 Å². The average molecular weight is 470 g/mol. The van der Waals surface area contributed by atoms with Crippen molar-refractivity contribution in [2.24, 2.45) is 0 Å². The molecule has 1 N–H and O–H groups in total. The summed E-state index contributed by atoms with van der Waals surface area (Å²) in [5.41, 5.74) is 2.83. The van der Waals surface area contributed by atoms with E-state index in [2.05, 4.69) is 15.5 Å². The maximum Gasteiger partial charge on any atom is 0.262 e. The number of thioether (sulfide) groups is 1. The molecule has 0 bridgehead atoms. The summed E-state index contributed by atoms with van der Waals surface area (Å²) in [6.45, 7) is 0.959. The van der Waals surface area contributed by atoms with Crippen molar-refractivity contribution in [1.82, 2.24) is 24.5 Å². The number of fused-ring (bicyclic) bond motifs is 3. The number of hydrogen-bond acceptors (Lipinski definition) is 5. The number of benzene rings is 3. The average Bonchev–Trinajstić information content (AvgIpc) is 3.31. The Morgan fingerprint density at radius 3 is 2.29 bits per heavy atom. The van der Waals surface area contributed by atoms with Gasteiger partial charge in [-0.25, -0.2) is 0 Å². The predicted octanol–water partition coefficient (Wildman–Crippen LogP) is 3.70. The lowest BCUT2D eigenvalue weighted by Gasteiger charge is -2.11. The predicted molar refractivity (Wildman–Crippen MR) is 134 cm³/mol. The van der Waals surface area contributed by atoms with Gasteiger partial charge in [-0.1, -0.05) is 84.6 Å². The summed E-state index contributed by atoms with van der Waals surface area (Å²) in [5.74, 6) is 0.588. The normalized spacial score (nSPS) is 11.2. The molecule has 0 radical (unpaired) electrons. The van der Waals surface area contributed by atoms with Crippen LogP contribution in [0, 0.1) is 0 Å². The number of para-hydroxylation sites is 1. The number of nitrogens with zero attached hydrogens (tertiary/aromatic N) is 4. The lowest BCUT2D eigenvalue weighted by molar-refractivity contribution is -0.118. The largest absolute Gasteiger partial charge is 0.351 e. The first-order valence-corrected chi connectivity index (χ1v) is 12.0. The molecular formula is C26H23N5O2S. The van der Waals surface area contributed by atoms with Gasteiger partial charge in [0.15, 0.2) is 5.16 Å². The van der Waals surface area contributed by atoms with Crippen LogP contribution in [-0.2, 0) is 24.3 Å². The molecule has 0 aliphatic carbocycles. The monoisotopic (exact) mass is 469 g/mol. The number of rotatable bonds is 8. The molecule has 34 heavy (non-hydrogen) atoms. The maximum absolute atomic E-state index is 13.3. The van der Waals surface area contributed by atoms with E-state index in [1.165, 1.54) is 11.8 Å². The first kappa shape index (κ1) is 21.9. The van der Waals surface area contributed by atoms with Crippen LogP contribution in [0.15, 0.2) is 94.9 Å². The third kappa shape index (κ3) is 4.58. The standard InChI is InChI=1S/C26H23N5O2S/c32-23(27-17-20-11-5-2-6-12-20)18-34-26-29-28-25-30(16-15-19-9-3-1-4-10-19)24(33)21-13-7-8-14-22(21)31(25)26/h1-14H,15-18H2,(H,27,32). The summed E-state index contributed by atoms with van der Waals surface area (Å²) in [7, 11) is 0. The van der Waals surface area contributed by atoms with Gasteiger partial charge in [0.25, 0.3) is 5.56 Å². The second-order valence-corrected chi connectivity index (χ2v) is 8.82. The van der Waals surface area contributed by atoms with Crippen LogP contribution >= 0.6 is 11.8 Å². The number of nitrogens with one attached hydrogen (secondary N) is 1. The fourth-order valence-corrected chi connectivity index (χ4v) is 4.66. The zero-order valence-corrected chi connectivity index (χ0v) is 19.2. The van der Waals surface area contributed by atoms with Gasteiger partial charge in [-0.15, -0.1) is 10.2 Å². The summed E-state index contributed by atoms with van der Waals surface area (Å²) in [4.78, 5) is 25.7. The molecule has 0 aliphatic rings. The molecule has 0 saturated carbocycles. The Morgan fingerprint density at radius 1 is 0.853 bits per heavy atom. The van der Waals surface area contributed by atoms with Gasteiger partial charge in [0.1, 0.15) is 0 Å². The van der Waals surface area contributed by atoms with Gasteiger partial charge in [-0.2, -0.15) is 0 Å². The molecule has 0 atom stereocenters. The third-order valence-electron chi connectivity index (χ3n) is 5.61. The molecule has 0 saturated heterocycles. The molecule has 3 aromatic carbocycles. The zero-order valence-electron chi connectivity index (χ0n) is 18.4. The van der Waals surface area contributed by atoms with E-state index in [1.807, 2.05) is 89.3 Å². The Labute approximate surface area is 200 Å². The number of aryl methyl sites for hydroxylation is 2. The fraction of sp³-hybridized carbons (Fsp3) is 0.154. The van der Waals surface area contributed by atoms with E-state index in [-0.39, 0.29) is 17.2 Å². The molecule has 1 amide bonds. The van der Waals surface area contributed by atoms with E-state index in [4.69, 9.17) is 0 Å². The highest BCUT2D eigenvalue weighted by Crippen LogP contribution is 2.21. The summed E-state index contributed by atoms with van der Waals surface area (Å²) in [6.07, 6.45) is 0.700. The van der Waals surface area contributed by atoms with Crippen molar-refractivity contribution >= 4 is 34.3 Å². The van der Waals surface area contributed by atoms with Crippen molar-refractivity contribution in [3.8, 4) is 0 Å². The van der Waals surface area contributed by atoms with E-state index < -0.39 is 0 Å². The van der Waals surface area contributed by atoms with Gasteiger partial charge in [0, 0.05) is 13.1 Å². The number of hydrogen-bond donors (Lipinski definition) is 1. The van der Waals surface area contributed by atoms with Crippen molar-refractivity contribution in [2.45, 2.75) is 24.7 Å². The van der Waals surface area contributed by atoms with Crippen LogP contribution in [0.2, 0.25) is 0 Å². The van der Waals surface area contributed by atoms with E-state index in [9.17, 15) is 9.59 Å². The topological polar surface area (TPSA) is 81.3 Å². The van der Waals surface area contributed by atoms with Crippen molar-refractivity contribution in [2.75, 3.05) is 5.75 Å². The highest BCUT2D eigenvalue weighted by Gasteiger charge is 2.17. The highest BCUT2D eigenvalue weighted by molar-refractivity contribution is 7.99. The number of carbonyl (C=O) groups excluding carboxylic acids is 1. The smallest absolute Gasteiger partial charge is 0.262 e.